The van der Waals surface area contributed by atoms with Gasteiger partial charge in [0.05, 0.1) is 31.0 Å². The van der Waals surface area contributed by atoms with E-state index in [2.05, 4.69) is 0 Å². The fraction of sp³-hybridized carbons (Fsp3) is 0.333. The number of ketones is 1. The zero-order valence-electron chi connectivity index (χ0n) is 18.8. The van der Waals surface area contributed by atoms with Crippen molar-refractivity contribution in [3.05, 3.63) is 55.2 Å². The van der Waals surface area contributed by atoms with Gasteiger partial charge in [-0.25, -0.2) is 9.59 Å². The van der Waals surface area contributed by atoms with E-state index in [0.717, 1.165) is 11.3 Å². The second kappa shape index (κ2) is 12.2. The molecule has 7 nitrogen and oxygen atoms in total. The zero-order valence-corrected chi connectivity index (χ0v) is 20.4. The Kier molecular flexibility index (Phi) is 9.64. The molecule has 0 saturated heterocycles. The quantitative estimate of drug-likeness (QED) is 0.257. The Morgan fingerprint density at radius 2 is 1.76 bits per heavy atom. The van der Waals surface area contributed by atoms with Gasteiger partial charge in [0.1, 0.15) is 16.7 Å². The highest BCUT2D eigenvalue weighted by atomic mass is 35.5. The van der Waals surface area contributed by atoms with Gasteiger partial charge in [-0.3, -0.25) is 4.79 Å². The summed E-state index contributed by atoms with van der Waals surface area (Å²) in [4.78, 5) is 38.5. The SMILES string of the molecule is CCOC(=O)c1sc(CC(=O)/C(C#N)=C/c2cc(Cl)ccc2OCC)c(C(=O)OCC)c1C. The predicted octanol–water partition coefficient (Wildman–Crippen LogP) is 5.18. The van der Waals surface area contributed by atoms with Gasteiger partial charge in [-0.15, -0.1) is 11.3 Å². The van der Waals surface area contributed by atoms with Gasteiger partial charge < -0.3 is 14.2 Å². The Morgan fingerprint density at radius 3 is 2.36 bits per heavy atom. The second-order valence-electron chi connectivity index (χ2n) is 6.68. The molecule has 0 spiro atoms. The van der Waals surface area contributed by atoms with Crippen molar-refractivity contribution in [1.82, 2.24) is 0 Å². The maximum absolute atomic E-state index is 13.0. The summed E-state index contributed by atoms with van der Waals surface area (Å²) >= 11 is 7.05. The fourth-order valence-electron chi connectivity index (χ4n) is 3.05. The highest BCUT2D eigenvalue weighted by Crippen LogP contribution is 2.31. The van der Waals surface area contributed by atoms with Crippen LogP contribution in [0.3, 0.4) is 0 Å². The van der Waals surface area contributed by atoms with E-state index >= 15 is 0 Å². The largest absolute Gasteiger partial charge is 0.493 e. The minimum atomic E-state index is -0.638. The van der Waals surface area contributed by atoms with Crippen LogP contribution in [-0.4, -0.2) is 37.5 Å². The van der Waals surface area contributed by atoms with Crippen molar-refractivity contribution in [1.29, 1.82) is 5.26 Å². The molecule has 1 aromatic carbocycles. The Labute approximate surface area is 201 Å². The van der Waals surface area contributed by atoms with Crippen LogP contribution in [0, 0.1) is 18.3 Å². The smallest absolute Gasteiger partial charge is 0.348 e. The third-order valence-corrected chi connectivity index (χ3v) is 5.98. The van der Waals surface area contributed by atoms with Gasteiger partial charge in [0.2, 0.25) is 0 Å². The molecule has 174 valence electrons. The first-order valence-electron chi connectivity index (χ1n) is 10.3. The molecule has 0 saturated carbocycles. The lowest BCUT2D eigenvalue weighted by Gasteiger charge is -2.08. The van der Waals surface area contributed by atoms with Crippen LogP contribution in [0.15, 0.2) is 23.8 Å². The van der Waals surface area contributed by atoms with Crippen LogP contribution in [0.4, 0.5) is 0 Å². The van der Waals surface area contributed by atoms with E-state index in [0.29, 0.717) is 33.4 Å². The average Bonchev–Trinajstić information content (AvgIpc) is 3.09. The van der Waals surface area contributed by atoms with Crippen LogP contribution in [0.2, 0.25) is 5.02 Å². The van der Waals surface area contributed by atoms with Crippen molar-refractivity contribution in [3.63, 3.8) is 0 Å². The molecule has 0 bridgehead atoms. The fourth-order valence-corrected chi connectivity index (χ4v) is 4.42. The maximum atomic E-state index is 13.0. The standard InChI is InChI=1S/C24H24ClNO6S/c1-5-30-19-9-8-17(25)11-15(19)10-16(13-26)18(27)12-20-21(23(28)31-6-2)14(4)22(33-20)24(29)32-7-3/h8-11H,5-7,12H2,1-4H3/b16-10+. The summed E-state index contributed by atoms with van der Waals surface area (Å²) in [5.74, 6) is -1.27. The summed E-state index contributed by atoms with van der Waals surface area (Å²) in [5.41, 5.74) is 0.871. The number of Topliss-reactive ketones (excluding diaryl/α,β-unsaturated/α-hetero) is 1. The molecular weight excluding hydrogens is 466 g/mol. The van der Waals surface area contributed by atoms with E-state index in [1.807, 2.05) is 13.0 Å². The number of halogens is 1. The minimum Gasteiger partial charge on any atom is -0.493 e. The van der Waals surface area contributed by atoms with E-state index < -0.39 is 17.7 Å². The van der Waals surface area contributed by atoms with E-state index in [-0.39, 0.29) is 35.6 Å². The average molecular weight is 490 g/mol. The molecule has 0 aliphatic rings. The van der Waals surface area contributed by atoms with Crippen LogP contribution >= 0.6 is 22.9 Å². The first-order chi connectivity index (χ1) is 15.8. The number of thiophene rings is 1. The van der Waals surface area contributed by atoms with Crippen LogP contribution in [-0.2, 0) is 20.7 Å². The Hall–Kier alpha value is -3.15. The lowest BCUT2D eigenvalue weighted by Crippen LogP contribution is -2.12. The highest BCUT2D eigenvalue weighted by molar-refractivity contribution is 7.14. The van der Waals surface area contributed by atoms with Gasteiger partial charge >= 0.3 is 11.9 Å². The minimum absolute atomic E-state index is 0.133. The number of ether oxygens (including phenoxy) is 3. The number of carbonyl (C=O) groups excluding carboxylic acids is 3. The van der Waals surface area contributed by atoms with Gasteiger partial charge in [0.15, 0.2) is 5.78 Å². The summed E-state index contributed by atoms with van der Waals surface area (Å²) in [6.45, 7) is 7.45. The van der Waals surface area contributed by atoms with Gasteiger partial charge in [-0.1, -0.05) is 11.6 Å². The third kappa shape index (κ3) is 6.44. The number of esters is 2. The van der Waals surface area contributed by atoms with Crippen molar-refractivity contribution in [2.24, 2.45) is 0 Å². The van der Waals surface area contributed by atoms with Crippen molar-refractivity contribution in [2.75, 3.05) is 19.8 Å². The normalized spacial score (nSPS) is 11.0. The molecule has 0 atom stereocenters. The first kappa shape index (κ1) is 26.1. The van der Waals surface area contributed by atoms with E-state index in [4.69, 9.17) is 25.8 Å². The molecule has 2 rings (SSSR count). The Morgan fingerprint density at radius 1 is 1.09 bits per heavy atom. The summed E-state index contributed by atoms with van der Waals surface area (Å²) in [7, 11) is 0. The van der Waals surface area contributed by atoms with Crippen molar-refractivity contribution >= 4 is 46.7 Å². The van der Waals surface area contributed by atoms with E-state index in [1.54, 1.807) is 39.0 Å². The second-order valence-corrected chi connectivity index (χ2v) is 8.22. The number of hydrogen-bond acceptors (Lipinski definition) is 8. The molecule has 1 heterocycles. The number of nitrogens with zero attached hydrogens (tertiary/aromatic N) is 1. The van der Waals surface area contributed by atoms with Crippen LogP contribution < -0.4 is 4.74 Å². The van der Waals surface area contributed by atoms with Crippen molar-refractivity contribution < 1.29 is 28.6 Å². The van der Waals surface area contributed by atoms with E-state index in [9.17, 15) is 19.6 Å². The third-order valence-electron chi connectivity index (χ3n) is 4.47. The molecular formula is C24H24ClNO6S. The molecule has 0 unspecified atom stereocenters. The van der Waals surface area contributed by atoms with Gasteiger partial charge in [0.25, 0.3) is 0 Å². The number of nitriles is 1. The monoisotopic (exact) mass is 489 g/mol. The number of allylic oxidation sites excluding steroid dienone is 1. The summed E-state index contributed by atoms with van der Waals surface area (Å²) < 4.78 is 15.7. The zero-order chi connectivity index (χ0) is 24.5. The summed E-state index contributed by atoms with van der Waals surface area (Å²) in [5, 5.41) is 10.1. The molecule has 33 heavy (non-hydrogen) atoms. The van der Waals surface area contributed by atoms with Gasteiger partial charge in [-0.2, -0.15) is 5.26 Å². The Balaban J connectivity index is 2.47. The first-order valence-corrected chi connectivity index (χ1v) is 11.5. The van der Waals surface area contributed by atoms with Gasteiger partial charge in [0, 0.05) is 21.9 Å². The number of rotatable bonds is 10. The molecule has 0 amide bonds. The molecule has 0 N–H and O–H groups in total. The van der Waals surface area contributed by atoms with Crippen molar-refractivity contribution in [3.8, 4) is 11.8 Å². The predicted molar refractivity (Wildman–Crippen MR) is 126 cm³/mol. The molecule has 2 aromatic rings. The number of carbonyl (C=O) groups is 3. The van der Waals surface area contributed by atoms with E-state index in [1.165, 1.54) is 6.08 Å². The van der Waals surface area contributed by atoms with Gasteiger partial charge in [-0.05, 0) is 57.5 Å². The number of hydrogen-bond donors (Lipinski definition) is 0. The highest BCUT2D eigenvalue weighted by Gasteiger charge is 2.28. The van der Waals surface area contributed by atoms with Crippen LogP contribution in [0.5, 0.6) is 5.75 Å². The number of benzene rings is 1. The Bertz CT molecular complexity index is 1130. The topological polar surface area (TPSA) is 103 Å². The molecule has 0 fully saturated rings. The molecule has 1 aromatic heterocycles. The summed E-state index contributed by atoms with van der Waals surface area (Å²) in [6.07, 6.45) is 1.14. The molecule has 0 aliphatic heterocycles. The van der Waals surface area contributed by atoms with Crippen LogP contribution in [0.1, 0.15) is 56.8 Å². The molecule has 0 radical (unpaired) electrons. The van der Waals surface area contributed by atoms with Crippen LogP contribution in [0.25, 0.3) is 6.08 Å². The molecule has 9 heteroatoms. The lowest BCUT2D eigenvalue weighted by molar-refractivity contribution is -0.114. The maximum Gasteiger partial charge on any atom is 0.348 e. The van der Waals surface area contributed by atoms with Crippen molar-refractivity contribution in [2.45, 2.75) is 34.1 Å². The summed E-state index contributed by atoms with van der Waals surface area (Å²) in [6, 6.07) is 6.80. The lowest BCUT2D eigenvalue weighted by atomic mass is 10.0. The molecule has 0 aliphatic carbocycles.